The molecular formula is C17H19NO4. The van der Waals surface area contributed by atoms with Crippen LogP contribution in [0.1, 0.15) is 30.6 Å². The number of carboxylic acids is 1. The number of benzene rings is 1. The SMILES string of the molecule is CCCn1c(-c2ccccc2OCC)ccc(C(=O)O)c1=O. The number of ether oxygens (including phenoxy) is 1. The molecule has 22 heavy (non-hydrogen) atoms. The summed E-state index contributed by atoms with van der Waals surface area (Å²) < 4.78 is 7.11. The van der Waals surface area contributed by atoms with Gasteiger partial charge in [-0.15, -0.1) is 0 Å². The van der Waals surface area contributed by atoms with Crippen LogP contribution in [0.5, 0.6) is 5.75 Å². The molecule has 1 N–H and O–H groups in total. The summed E-state index contributed by atoms with van der Waals surface area (Å²) in [5.74, 6) is -0.531. The van der Waals surface area contributed by atoms with E-state index in [1.807, 2.05) is 38.1 Å². The summed E-state index contributed by atoms with van der Waals surface area (Å²) in [6.07, 6.45) is 0.729. The molecule has 5 nitrogen and oxygen atoms in total. The van der Waals surface area contributed by atoms with E-state index in [1.165, 1.54) is 10.6 Å². The summed E-state index contributed by atoms with van der Waals surface area (Å²) in [5.41, 5.74) is 0.747. The molecular weight excluding hydrogens is 282 g/mol. The first kappa shape index (κ1) is 15.8. The van der Waals surface area contributed by atoms with Crippen molar-refractivity contribution in [1.82, 2.24) is 4.57 Å². The number of carbonyl (C=O) groups is 1. The van der Waals surface area contributed by atoms with Crippen LogP contribution < -0.4 is 10.3 Å². The lowest BCUT2D eigenvalue weighted by molar-refractivity contribution is 0.0694. The molecule has 0 radical (unpaired) electrons. The van der Waals surface area contributed by atoms with Gasteiger partial charge in [0.15, 0.2) is 0 Å². The highest BCUT2D eigenvalue weighted by Crippen LogP contribution is 2.29. The second-order valence-corrected chi connectivity index (χ2v) is 4.82. The third-order valence-electron chi connectivity index (χ3n) is 3.31. The summed E-state index contributed by atoms with van der Waals surface area (Å²) in [5, 5.41) is 9.12. The number of hydrogen-bond donors (Lipinski definition) is 1. The summed E-state index contributed by atoms with van der Waals surface area (Å²) >= 11 is 0. The highest BCUT2D eigenvalue weighted by molar-refractivity contribution is 5.87. The van der Waals surface area contributed by atoms with Crippen LogP contribution in [0.3, 0.4) is 0 Å². The van der Waals surface area contributed by atoms with E-state index < -0.39 is 11.5 Å². The minimum Gasteiger partial charge on any atom is -0.493 e. The normalized spacial score (nSPS) is 10.5. The van der Waals surface area contributed by atoms with Gasteiger partial charge in [-0.2, -0.15) is 0 Å². The van der Waals surface area contributed by atoms with Gasteiger partial charge in [-0.05, 0) is 37.6 Å². The Morgan fingerprint density at radius 2 is 1.91 bits per heavy atom. The molecule has 1 aromatic carbocycles. The number of rotatable bonds is 6. The first-order chi connectivity index (χ1) is 10.6. The topological polar surface area (TPSA) is 68.5 Å². The lowest BCUT2D eigenvalue weighted by Crippen LogP contribution is -2.27. The number of para-hydroxylation sites is 1. The van der Waals surface area contributed by atoms with Crippen molar-refractivity contribution in [2.75, 3.05) is 6.61 Å². The summed E-state index contributed by atoms with van der Waals surface area (Å²) in [7, 11) is 0. The van der Waals surface area contributed by atoms with Crippen molar-refractivity contribution in [3.05, 3.63) is 52.3 Å². The van der Waals surface area contributed by atoms with E-state index in [9.17, 15) is 9.59 Å². The van der Waals surface area contributed by atoms with Gasteiger partial charge in [-0.1, -0.05) is 19.1 Å². The van der Waals surface area contributed by atoms with Gasteiger partial charge < -0.3 is 14.4 Å². The maximum absolute atomic E-state index is 12.4. The third-order valence-corrected chi connectivity index (χ3v) is 3.31. The van der Waals surface area contributed by atoms with Crippen LogP contribution in [-0.4, -0.2) is 22.2 Å². The highest BCUT2D eigenvalue weighted by Gasteiger charge is 2.16. The van der Waals surface area contributed by atoms with Crippen molar-refractivity contribution >= 4 is 5.97 Å². The first-order valence-corrected chi connectivity index (χ1v) is 7.29. The Morgan fingerprint density at radius 3 is 2.55 bits per heavy atom. The maximum Gasteiger partial charge on any atom is 0.341 e. The first-order valence-electron chi connectivity index (χ1n) is 7.29. The fourth-order valence-electron chi connectivity index (χ4n) is 2.38. The molecule has 1 aromatic heterocycles. The van der Waals surface area contributed by atoms with E-state index in [0.717, 1.165) is 12.0 Å². The Bertz CT molecular complexity index is 734. The molecule has 0 amide bonds. The van der Waals surface area contributed by atoms with E-state index in [1.54, 1.807) is 6.07 Å². The van der Waals surface area contributed by atoms with Gasteiger partial charge in [-0.3, -0.25) is 4.79 Å². The van der Waals surface area contributed by atoms with E-state index in [0.29, 0.717) is 24.6 Å². The van der Waals surface area contributed by atoms with Crippen LogP contribution in [0.25, 0.3) is 11.3 Å². The molecule has 0 aliphatic heterocycles. The van der Waals surface area contributed by atoms with Crippen molar-refractivity contribution in [2.24, 2.45) is 0 Å². The fourth-order valence-corrected chi connectivity index (χ4v) is 2.38. The van der Waals surface area contributed by atoms with Crippen molar-refractivity contribution < 1.29 is 14.6 Å². The molecule has 0 spiro atoms. The zero-order chi connectivity index (χ0) is 16.1. The molecule has 0 aliphatic rings. The number of nitrogens with zero attached hydrogens (tertiary/aromatic N) is 1. The molecule has 116 valence electrons. The lowest BCUT2D eigenvalue weighted by atomic mass is 10.1. The van der Waals surface area contributed by atoms with E-state index in [2.05, 4.69) is 0 Å². The Kier molecular flexibility index (Phi) is 4.99. The minimum atomic E-state index is -1.21. The molecule has 0 bridgehead atoms. The molecule has 0 aliphatic carbocycles. The summed E-state index contributed by atoms with van der Waals surface area (Å²) in [4.78, 5) is 23.6. The predicted molar refractivity (Wildman–Crippen MR) is 84.6 cm³/mol. The summed E-state index contributed by atoms with van der Waals surface area (Å²) in [6, 6.07) is 10.5. The zero-order valence-electron chi connectivity index (χ0n) is 12.7. The zero-order valence-corrected chi connectivity index (χ0v) is 12.7. The van der Waals surface area contributed by atoms with E-state index in [-0.39, 0.29) is 5.56 Å². The Labute approximate surface area is 128 Å². The highest BCUT2D eigenvalue weighted by atomic mass is 16.5. The molecule has 0 saturated heterocycles. The molecule has 2 aromatic rings. The monoisotopic (exact) mass is 301 g/mol. The fraction of sp³-hybridized carbons (Fsp3) is 0.294. The number of aromatic carboxylic acids is 1. The van der Waals surface area contributed by atoms with Crippen LogP contribution in [0.4, 0.5) is 0 Å². The second kappa shape index (κ2) is 6.93. The van der Waals surface area contributed by atoms with Crippen LogP contribution >= 0.6 is 0 Å². The van der Waals surface area contributed by atoms with Crippen LogP contribution in [0.2, 0.25) is 0 Å². The average Bonchev–Trinajstić information content (AvgIpc) is 2.50. The standard InChI is InChI=1S/C17H19NO4/c1-3-11-18-14(10-9-13(16(18)19)17(20)21)12-7-5-6-8-15(12)22-4-2/h5-10H,3-4,11H2,1-2H3,(H,20,21). The van der Waals surface area contributed by atoms with Gasteiger partial charge in [0.2, 0.25) is 0 Å². The summed E-state index contributed by atoms with van der Waals surface area (Å²) in [6.45, 7) is 4.81. The molecule has 0 fully saturated rings. The lowest BCUT2D eigenvalue weighted by Gasteiger charge is -2.16. The molecule has 1 heterocycles. The van der Waals surface area contributed by atoms with E-state index in [4.69, 9.17) is 9.84 Å². The molecule has 2 rings (SSSR count). The Morgan fingerprint density at radius 1 is 1.18 bits per heavy atom. The Hall–Kier alpha value is -2.56. The average molecular weight is 301 g/mol. The van der Waals surface area contributed by atoms with Gasteiger partial charge in [0.05, 0.1) is 12.3 Å². The van der Waals surface area contributed by atoms with Crippen molar-refractivity contribution in [1.29, 1.82) is 0 Å². The maximum atomic E-state index is 12.4. The molecule has 0 atom stereocenters. The molecule has 5 heteroatoms. The molecule has 0 unspecified atom stereocenters. The number of carboxylic acid groups (broad SMARTS) is 1. The van der Waals surface area contributed by atoms with Gasteiger partial charge in [0, 0.05) is 12.1 Å². The van der Waals surface area contributed by atoms with Crippen molar-refractivity contribution in [3.8, 4) is 17.0 Å². The van der Waals surface area contributed by atoms with Gasteiger partial charge >= 0.3 is 5.97 Å². The number of pyridine rings is 1. The van der Waals surface area contributed by atoms with Crippen molar-refractivity contribution in [3.63, 3.8) is 0 Å². The van der Waals surface area contributed by atoms with Gasteiger partial charge in [0.1, 0.15) is 11.3 Å². The van der Waals surface area contributed by atoms with E-state index >= 15 is 0 Å². The van der Waals surface area contributed by atoms with Crippen LogP contribution in [-0.2, 0) is 6.54 Å². The second-order valence-electron chi connectivity index (χ2n) is 4.82. The molecule has 0 saturated carbocycles. The Balaban J connectivity index is 2.68. The number of aromatic nitrogens is 1. The van der Waals surface area contributed by atoms with Gasteiger partial charge in [0.25, 0.3) is 5.56 Å². The predicted octanol–water partition coefficient (Wildman–Crippen LogP) is 3.02. The van der Waals surface area contributed by atoms with Gasteiger partial charge in [-0.25, -0.2) is 4.79 Å². The minimum absolute atomic E-state index is 0.217. The van der Waals surface area contributed by atoms with Crippen LogP contribution in [0.15, 0.2) is 41.2 Å². The third kappa shape index (κ3) is 3.03. The number of hydrogen-bond acceptors (Lipinski definition) is 3. The van der Waals surface area contributed by atoms with Crippen LogP contribution in [0, 0.1) is 0 Å². The quantitative estimate of drug-likeness (QED) is 0.890. The smallest absolute Gasteiger partial charge is 0.341 e. The largest absolute Gasteiger partial charge is 0.493 e. The van der Waals surface area contributed by atoms with Crippen molar-refractivity contribution in [2.45, 2.75) is 26.8 Å².